The Hall–Kier alpha value is -2.85. The fourth-order valence-electron chi connectivity index (χ4n) is 3.14. The van der Waals surface area contributed by atoms with Crippen LogP contribution in [-0.4, -0.2) is 24.7 Å². The molecule has 4 nitrogen and oxygen atoms in total. The second kappa shape index (κ2) is 9.90. The molecule has 0 saturated carbocycles. The Labute approximate surface area is 168 Å². The highest BCUT2D eigenvalue weighted by Gasteiger charge is 2.12. The number of ether oxygens (including phenoxy) is 1. The summed E-state index contributed by atoms with van der Waals surface area (Å²) in [6, 6.07) is 21.4. The first-order chi connectivity index (χ1) is 13.6. The van der Waals surface area contributed by atoms with E-state index >= 15 is 0 Å². The van der Waals surface area contributed by atoms with Crippen molar-refractivity contribution < 1.29 is 4.74 Å². The summed E-state index contributed by atoms with van der Waals surface area (Å²) in [5, 5.41) is 7.06. The van der Waals surface area contributed by atoms with E-state index in [2.05, 4.69) is 84.1 Å². The second-order valence-electron chi connectivity index (χ2n) is 7.23. The number of rotatable bonds is 9. The zero-order valence-corrected chi connectivity index (χ0v) is 16.9. The van der Waals surface area contributed by atoms with E-state index in [1.807, 2.05) is 12.3 Å². The second-order valence-corrected chi connectivity index (χ2v) is 7.23. The third-order valence-corrected chi connectivity index (χ3v) is 4.72. The summed E-state index contributed by atoms with van der Waals surface area (Å²) in [6.07, 6.45) is 2.70. The number of aromatic nitrogens is 1. The highest BCUT2D eigenvalue weighted by molar-refractivity contribution is 5.64. The van der Waals surface area contributed by atoms with Crippen LogP contribution in [0.4, 0.5) is 11.5 Å². The van der Waals surface area contributed by atoms with Crippen molar-refractivity contribution in [1.29, 1.82) is 0 Å². The lowest BCUT2D eigenvalue weighted by Crippen LogP contribution is -2.28. The quantitative estimate of drug-likeness (QED) is 0.554. The van der Waals surface area contributed by atoms with Gasteiger partial charge in [-0.15, -0.1) is 0 Å². The molecular formula is C24H29N3O. The van der Waals surface area contributed by atoms with E-state index < -0.39 is 0 Å². The molecule has 2 aromatic carbocycles. The summed E-state index contributed by atoms with van der Waals surface area (Å²) in [5.41, 5.74) is 6.05. The number of pyridine rings is 1. The van der Waals surface area contributed by atoms with E-state index in [1.54, 1.807) is 7.11 Å². The van der Waals surface area contributed by atoms with Crippen LogP contribution < -0.4 is 10.6 Å². The summed E-state index contributed by atoms with van der Waals surface area (Å²) < 4.78 is 5.45. The van der Waals surface area contributed by atoms with Crippen LogP contribution in [0.3, 0.4) is 0 Å². The molecule has 0 bridgehead atoms. The van der Waals surface area contributed by atoms with Gasteiger partial charge in [0.1, 0.15) is 5.82 Å². The van der Waals surface area contributed by atoms with E-state index in [4.69, 9.17) is 4.74 Å². The van der Waals surface area contributed by atoms with Crippen LogP contribution in [-0.2, 0) is 17.7 Å². The summed E-state index contributed by atoms with van der Waals surface area (Å²) in [5.74, 6) is 0.855. The van der Waals surface area contributed by atoms with Gasteiger partial charge in [-0.05, 0) is 43.5 Å². The highest BCUT2D eigenvalue weighted by Crippen LogP contribution is 2.21. The maximum absolute atomic E-state index is 5.45. The highest BCUT2D eigenvalue weighted by atomic mass is 16.5. The van der Waals surface area contributed by atoms with Gasteiger partial charge in [0.05, 0.1) is 18.3 Å². The van der Waals surface area contributed by atoms with Crippen LogP contribution >= 0.6 is 0 Å². The first kappa shape index (κ1) is 19.9. The van der Waals surface area contributed by atoms with E-state index in [-0.39, 0.29) is 6.04 Å². The van der Waals surface area contributed by atoms with Gasteiger partial charge >= 0.3 is 0 Å². The number of aryl methyl sites for hydroxylation is 2. The van der Waals surface area contributed by atoms with Crippen LogP contribution in [0.2, 0.25) is 0 Å². The Balaban J connectivity index is 1.68. The smallest absolute Gasteiger partial charge is 0.149 e. The van der Waals surface area contributed by atoms with Gasteiger partial charge in [-0.2, -0.15) is 0 Å². The molecule has 3 rings (SSSR count). The zero-order valence-electron chi connectivity index (χ0n) is 16.9. The monoisotopic (exact) mass is 375 g/mol. The molecule has 0 aliphatic rings. The fourth-order valence-corrected chi connectivity index (χ4v) is 3.14. The number of methoxy groups -OCH3 is 1. The van der Waals surface area contributed by atoms with E-state index in [9.17, 15) is 0 Å². The summed E-state index contributed by atoms with van der Waals surface area (Å²) in [7, 11) is 1.74. The van der Waals surface area contributed by atoms with E-state index in [0.717, 1.165) is 24.5 Å². The van der Waals surface area contributed by atoms with Gasteiger partial charge in [0.2, 0.25) is 0 Å². The van der Waals surface area contributed by atoms with Crippen LogP contribution in [0.1, 0.15) is 22.3 Å². The molecule has 146 valence electrons. The summed E-state index contributed by atoms with van der Waals surface area (Å²) in [6.45, 7) is 5.57. The lowest BCUT2D eigenvalue weighted by atomic mass is 10.0. The maximum atomic E-state index is 5.45. The molecular weight excluding hydrogens is 346 g/mol. The van der Waals surface area contributed by atoms with Crippen molar-refractivity contribution in [1.82, 2.24) is 4.98 Å². The van der Waals surface area contributed by atoms with E-state index in [0.29, 0.717) is 6.61 Å². The molecule has 28 heavy (non-hydrogen) atoms. The molecule has 0 fully saturated rings. The third-order valence-electron chi connectivity index (χ3n) is 4.72. The molecule has 1 heterocycles. The van der Waals surface area contributed by atoms with Crippen molar-refractivity contribution in [3.63, 3.8) is 0 Å². The topological polar surface area (TPSA) is 46.2 Å². The molecule has 4 heteroatoms. The van der Waals surface area contributed by atoms with Gasteiger partial charge < -0.3 is 15.4 Å². The van der Waals surface area contributed by atoms with Crippen molar-refractivity contribution in [3.05, 3.63) is 89.1 Å². The average Bonchev–Trinajstić information content (AvgIpc) is 2.70. The van der Waals surface area contributed by atoms with E-state index in [1.165, 1.54) is 22.3 Å². The number of nitrogens with one attached hydrogen (secondary N) is 2. The molecule has 0 radical (unpaired) electrons. The Bertz CT molecular complexity index is 860. The van der Waals surface area contributed by atoms with Gasteiger partial charge in [0.25, 0.3) is 0 Å². The zero-order chi connectivity index (χ0) is 19.8. The average molecular weight is 376 g/mol. The lowest BCUT2D eigenvalue weighted by Gasteiger charge is -2.21. The molecule has 0 spiro atoms. The number of nitrogens with zero attached hydrogens (tertiary/aromatic N) is 1. The van der Waals surface area contributed by atoms with Crippen LogP contribution in [0.5, 0.6) is 0 Å². The number of anilines is 2. The van der Waals surface area contributed by atoms with Crippen LogP contribution in [0.15, 0.2) is 66.9 Å². The number of hydrogen-bond donors (Lipinski definition) is 2. The molecule has 1 aromatic heterocycles. The minimum atomic E-state index is 0.164. The first-order valence-electron chi connectivity index (χ1n) is 9.69. The van der Waals surface area contributed by atoms with Crippen molar-refractivity contribution in [2.75, 3.05) is 24.4 Å². The minimum absolute atomic E-state index is 0.164. The molecule has 0 amide bonds. The van der Waals surface area contributed by atoms with Gasteiger partial charge in [0.15, 0.2) is 0 Å². The minimum Gasteiger partial charge on any atom is -0.383 e. The predicted molar refractivity (Wildman–Crippen MR) is 117 cm³/mol. The Kier molecular flexibility index (Phi) is 7.04. The van der Waals surface area contributed by atoms with Crippen molar-refractivity contribution in [2.45, 2.75) is 32.9 Å². The molecule has 0 aliphatic carbocycles. The van der Waals surface area contributed by atoms with Crippen LogP contribution in [0, 0.1) is 13.8 Å². The summed E-state index contributed by atoms with van der Waals surface area (Å²) in [4.78, 5) is 4.53. The fraction of sp³-hybridized carbons (Fsp3) is 0.292. The van der Waals surface area contributed by atoms with Gasteiger partial charge in [-0.1, -0.05) is 59.7 Å². The molecule has 0 saturated heterocycles. The Morgan fingerprint density at radius 2 is 1.54 bits per heavy atom. The standard InChI is InChI=1S/C24H29N3O/c1-18-6-10-20(11-7-18)15-22(17-28-3)27-23-5-4-14-25-24(23)26-16-21-12-8-19(2)9-13-21/h4-14,22,27H,15-17H2,1-3H3,(H,25,26)/t22-/m0/s1. The molecule has 3 aromatic rings. The Morgan fingerprint density at radius 1 is 0.893 bits per heavy atom. The normalized spacial score (nSPS) is 11.8. The number of hydrogen-bond acceptors (Lipinski definition) is 4. The van der Waals surface area contributed by atoms with Crippen molar-refractivity contribution in [2.24, 2.45) is 0 Å². The molecule has 0 aliphatic heterocycles. The third kappa shape index (κ3) is 5.83. The van der Waals surface area contributed by atoms with Gasteiger partial charge in [0, 0.05) is 19.9 Å². The van der Waals surface area contributed by atoms with Crippen molar-refractivity contribution >= 4 is 11.5 Å². The molecule has 2 N–H and O–H groups in total. The molecule has 1 atom stereocenters. The summed E-state index contributed by atoms with van der Waals surface area (Å²) >= 11 is 0. The maximum Gasteiger partial charge on any atom is 0.149 e. The van der Waals surface area contributed by atoms with Gasteiger partial charge in [-0.25, -0.2) is 4.98 Å². The largest absolute Gasteiger partial charge is 0.383 e. The first-order valence-corrected chi connectivity index (χ1v) is 9.69. The Morgan fingerprint density at radius 3 is 2.18 bits per heavy atom. The number of benzene rings is 2. The van der Waals surface area contributed by atoms with Crippen LogP contribution in [0.25, 0.3) is 0 Å². The lowest BCUT2D eigenvalue weighted by molar-refractivity contribution is 0.185. The SMILES string of the molecule is COC[C@H](Cc1ccc(C)cc1)Nc1cccnc1NCc1ccc(C)cc1. The van der Waals surface area contributed by atoms with Crippen molar-refractivity contribution in [3.8, 4) is 0 Å². The predicted octanol–water partition coefficient (Wildman–Crippen LogP) is 4.98. The molecule has 0 unspecified atom stereocenters. The van der Waals surface area contributed by atoms with Gasteiger partial charge in [-0.3, -0.25) is 0 Å².